The van der Waals surface area contributed by atoms with Gasteiger partial charge in [0.1, 0.15) is 11.8 Å². The summed E-state index contributed by atoms with van der Waals surface area (Å²) in [6.07, 6.45) is 1.21. The van der Waals surface area contributed by atoms with Gasteiger partial charge in [0.15, 0.2) is 0 Å². The third kappa shape index (κ3) is 7.94. The minimum atomic E-state index is -0.558. The zero-order chi connectivity index (χ0) is 22.8. The lowest BCUT2D eigenvalue weighted by molar-refractivity contribution is -0.140. The predicted octanol–water partition coefficient (Wildman–Crippen LogP) is 4.82. The molecule has 0 saturated carbocycles. The summed E-state index contributed by atoms with van der Waals surface area (Å²) in [6.45, 7) is 8.21. The maximum Gasteiger partial charge on any atom is 0.242 e. The molecule has 1 N–H and O–H groups in total. The van der Waals surface area contributed by atoms with Gasteiger partial charge in [-0.25, -0.2) is 0 Å². The summed E-state index contributed by atoms with van der Waals surface area (Å²) in [5, 5.41) is 3.00. The molecule has 2 atom stereocenters. The molecule has 0 bridgehead atoms. The first-order valence-electron chi connectivity index (χ1n) is 10.8. The van der Waals surface area contributed by atoms with E-state index < -0.39 is 6.04 Å². The number of carbonyl (C=O) groups is 2. The van der Waals surface area contributed by atoms with Gasteiger partial charge in [0.05, 0.1) is 7.11 Å². The Labute approximate surface area is 190 Å². The summed E-state index contributed by atoms with van der Waals surface area (Å²) in [6, 6.07) is 15.4. The molecule has 31 heavy (non-hydrogen) atoms. The third-order valence-corrected chi connectivity index (χ3v) is 6.27. The normalized spacial score (nSPS) is 12.7. The molecule has 0 aliphatic carbocycles. The Bertz CT molecular complexity index is 854. The molecule has 2 aromatic carbocycles. The minimum absolute atomic E-state index is 0.0331. The van der Waals surface area contributed by atoms with Crippen LogP contribution in [-0.4, -0.2) is 41.7 Å². The highest BCUT2D eigenvalue weighted by Crippen LogP contribution is 2.21. The number of rotatable bonds is 11. The highest BCUT2D eigenvalue weighted by atomic mass is 32.2. The number of hydrogen-bond acceptors (Lipinski definition) is 4. The van der Waals surface area contributed by atoms with E-state index in [0.717, 1.165) is 22.6 Å². The van der Waals surface area contributed by atoms with Gasteiger partial charge in [-0.1, -0.05) is 36.8 Å². The van der Waals surface area contributed by atoms with Crippen LogP contribution in [0.5, 0.6) is 5.75 Å². The van der Waals surface area contributed by atoms with Crippen LogP contribution in [0.4, 0.5) is 0 Å². The number of nitrogens with one attached hydrogen (secondary N) is 1. The first kappa shape index (κ1) is 24.8. The second-order valence-corrected chi connectivity index (χ2v) is 8.95. The number of benzene rings is 2. The van der Waals surface area contributed by atoms with Crippen LogP contribution >= 0.6 is 11.8 Å². The first-order chi connectivity index (χ1) is 14.8. The van der Waals surface area contributed by atoms with Crippen LogP contribution < -0.4 is 10.1 Å². The molecule has 0 fully saturated rings. The fraction of sp³-hybridized carbons (Fsp3) is 0.440. The van der Waals surface area contributed by atoms with Gasteiger partial charge in [-0.3, -0.25) is 9.59 Å². The van der Waals surface area contributed by atoms with Crippen LogP contribution in [0.1, 0.15) is 44.7 Å². The van der Waals surface area contributed by atoms with Gasteiger partial charge in [-0.05, 0) is 57.0 Å². The SMILES string of the molecule is CC[C@H](C)NC(=O)[C@@H](C)N(Cc1cccc(OC)c1)C(=O)CCSc1ccc(C)cc1. The molecule has 5 nitrogen and oxygen atoms in total. The van der Waals surface area contributed by atoms with Crippen molar-refractivity contribution >= 4 is 23.6 Å². The van der Waals surface area contributed by atoms with Gasteiger partial charge in [-0.15, -0.1) is 11.8 Å². The van der Waals surface area contributed by atoms with Crippen molar-refractivity contribution in [2.45, 2.75) is 64.1 Å². The Morgan fingerprint density at radius 2 is 1.84 bits per heavy atom. The van der Waals surface area contributed by atoms with Crippen molar-refractivity contribution in [1.29, 1.82) is 0 Å². The molecule has 0 radical (unpaired) electrons. The largest absolute Gasteiger partial charge is 0.497 e. The summed E-state index contributed by atoms with van der Waals surface area (Å²) in [7, 11) is 1.62. The molecule has 2 rings (SSSR count). The fourth-order valence-electron chi connectivity index (χ4n) is 3.05. The molecule has 2 aromatic rings. The van der Waals surface area contributed by atoms with Crippen molar-refractivity contribution in [3.8, 4) is 5.75 Å². The first-order valence-corrected chi connectivity index (χ1v) is 11.7. The predicted molar refractivity (Wildman–Crippen MR) is 127 cm³/mol. The van der Waals surface area contributed by atoms with E-state index in [1.54, 1.807) is 30.7 Å². The van der Waals surface area contributed by atoms with Crippen LogP contribution in [0.25, 0.3) is 0 Å². The Hall–Kier alpha value is -2.47. The Kier molecular flexibility index (Phi) is 9.92. The van der Waals surface area contributed by atoms with E-state index in [9.17, 15) is 9.59 Å². The van der Waals surface area contributed by atoms with E-state index in [4.69, 9.17) is 4.74 Å². The van der Waals surface area contributed by atoms with Crippen LogP contribution in [0, 0.1) is 6.92 Å². The highest BCUT2D eigenvalue weighted by molar-refractivity contribution is 7.99. The summed E-state index contributed by atoms with van der Waals surface area (Å²) < 4.78 is 5.31. The highest BCUT2D eigenvalue weighted by Gasteiger charge is 2.26. The van der Waals surface area contributed by atoms with Crippen LogP contribution in [0.3, 0.4) is 0 Å². The summed E-state index contributed by atoms with van der Waals surface area (Å²) in [4.78, 5) is 28.7. The van der Waals surface area contributed by atoms with E-state index >= 15 is 0 Å². The van der Waals surface area contributed by atoms with Gasteiger partial charge in [0, 0.05) is 29.7 Å². The summed E-state index contributed by atoms with van der Waals surface area (Å²) in [5.41, 5.74) is 2.15. The second-order valence-electron chi connectivity index (χ2n) is 7.78. The zero-order valence-electron chi connectivity index (χ0n) is 19.2. The lowest BCUT2D eigenvalue weighted by Gasteiger charge is -2.30. The number of methoxy groups -OCH3 is 1. The number of nitrogens with zero attached hydrogens (tertiary/aromatic N) is 1. The quantitative estimate of drug-likeness (QED) is 0.507. The van der Waals surface area contributed by atoms with Crippen molar-refractivity contribution in [3.63, 3.8) is 0 Å². The monoisotopic (exact) mass is 442 g/mol. The van der Waals surface area contributed by atoms with E-state index in [0.29, 0.717) is 18.7 Å². The number of hydrogen-bond donors (Lipinski definition) is 1. The molecule has 0 aliphatic rings. The minimum Gasteiger partial charge on any atom is -0.497 e. The van der Waals surface area contributed by atoms with E-state index in [-0.39, 0.29) is 17.9 Å². The topological polar surface area (TPSA) is 58.6 Å². The van der Waals surface area contributed by atoms with E-state index in [2.05, 4.69) is 36.5 Å². The van der Waals surface area contributed by atoms with Gasteiger partial charge >= 0.3 is 0 Å². The average molecular weight is 443 g/mol. The second kappa shape index (κ2) is 12.4. The van der Waals surface area contributed by atoms with Gasteiger partial charge < -0.3 is 15.0 Å². The Morgan fingerprint density at radius 3 is 2.48 bits per heavy atom. The summed E-state index contributed by atoms with van der Waals surface area (Å²) in [5.74, 6) is 1.23. The zero-order valence-corrected chi connectivity index (χ0v) is 20.0. The van der Waals surface area contributed by atoms with Crippen LogP contribution in [-0.2, 0) is 16.1 Å². The van der Waals surface area contributed by atoms with Crippen molar-refractivity contribution in [2.75, 3.05) is 12.9 Å². The number of amides is 2. The van der Waals surface area contributed by atoms with E-state index in [1.807, 2.05) is 38.1 Å². The number of aryl methyl sites for hydroxylation is 1. The Morgan fingerprint density at radius 1 is 1.13 bits per heavy atom. The lowest BCUT2D eigenvalue weighted by Crippen LogP contribution is -2.49. The molecule has 0 aliphatic heterocycles. The van der Waals surface area contributed by atoms with Crippen LogP contribution in [0.15, 0.2) is 53.4 Å². The van der Waals surface area contributed by atoms with Gasteiger partial charge in [-0.2, -0.15) is 0 Å². The molecule has 168 valence electrons. The van der Waals surface area contributed by atoms with Gasteiger partial charge in [0.2, 0.25) is 11.8 Å². The maximum absolute atomic E-state index is 13.1. The van der Waals surface area contributed by atoms with Crippen molar-refractivity contribution in [2.24, 2.45) is 0 Å². The van der Waals surface area contributed by atoms with Crippen molar-refractivity contribution in [1.82, 2.24) is 10.2 Å². The molecular weight excluding hydrogens is 408 g/mol. The van der Waals surface area contributed by atoms with Crippen LogP contribution in [0.2, 0.25) is 0 Å². The average Bonchev–Trinajstić information content (AvgIpc) is 2.78. The smallest absolute Gasteiger partial charge is 0.242 e. The standard InChI is InChI=1S/C25H34N2O3S/c1-6-19(3)26-25(29)20(4)27(17-21-8-7-9-22(16-21)30-5)24(28)14-15-31-23-12-10-18(2)11-13-23/h7-13,16,19-20H,6,14-15,17H2,1-5H3,(H,26,29)/t19-,20+/m0/s1. The van der Waals surface area contributed by atoms with Crippen molar-refractivity contribution in [3.05, 3.63) is 59.7 Å². The fourth-order valence-corrected chi connectivity index (χ4v) is 3.89. The molecule has 6 heteroatoms. The van der Waals surface area contributed by atoms with Crippen molar-refractivity contribution < 1.29 is 14.3 Å². The number of ether oxygens (including phenoxy) is 1. The molecular formula is C25H34N2O3S. The van der Waals surface area contributed by atoms with E-state index in [1.165, 1.54) is 5.56 Å². The summed E-state index contributed by atoms with van der Waals surface area (Å²) >= 11 is 1.65. The lowest BCUT2D eigenvalue weighted by atomic mass is 10.1. The Balaban J connectivity index is 2.09. The number of carbonyl (C=O) groups excluding carboxylic acids is 2. The molecule has 0 spiro atoms. The third-order valence-electron chi connectivity index (χ3n) is 5.26. The molecule has 0 aromatic heterocycles. The molecule has 2 amide bonds. The molecule has 0 heterocycles. The molecule has 0 saturated heterocycles. The van der Waals surface area contributed by atoms with Gasteiger partial charge in [0.25, 0.3) is 0 Å². The number of thioether (sulfide) groups is 1. The molecule has 0 unspecified atom stereocenters. The maximum atomic E-state index is 13.1.